The first-order chi connectivity index (χ1) is 17.2. The van der Waals surface area contributed by atoms with E-state index >= 15 is 0 Å². The van der Waals surface area contributed by atoms with Crippen molar-refractivity contribution in [3.8, 4) is 0 Å². The minimum absolute atomic E-state index is 0.00346. The molecule has 0 unspecified atom stereocenters. The molecule has 1 amide bonds. The number of hydrogen-bond acceptors (Lipinski definition) is 5. The molecular formula is C29H44N4O2. The van der Waals surface area contributed by atoms with Crippen LogP contribution in [0.25, 0.3) is 5.76 Å². The lowest BCUT2D eigenvalue weighted by atomic mass is 9.96. The van der Waals surface area contributed by atoms with Crippen LogP contribution in [0.3, 0.4) is 0 Å². The molecule has 0 aromatic heterocycles. The van der Waals surface area contributed by atoms with E-state index in [2.05, 4.69) is 32.6 Å². The monoisotopic (exact) mass is 480 g/mol. The topological polar surface area (TPSA) is 56.8 Å². The number of benzene rings is 1. The first-order valence-electron chi connectivity index (χ1n) is 13.7. The predicted molar refractivity (Wildman–Crippen MR) is 143 cm³/mol. The van der Waals surface area contributed by atoms with Crippen LogP contribution in [0.15, 0.2) is 42.1 Å². The molecule has 0 radical (unpaired) electrons. The van der Waals surface area contributed by atoms with Crippen LogP contribution in [0, 0.1) is 5.92 Å². The molecule has 0 atom stereocenters. The highest BCUT2D eigenvalue weighted by Gasteiger charge is 2.21. The molecule has 0 saturated carbocycles. The van der Waals surface area contributed by atoms with Gasteiger partial charge in [0.25, 0.3) is 5.91 Å². The Morgan fingerprint density at radius 2 is 1.66 bits per heavy atom. The summed E-state index contributed by atoms with van der Waals surface area (Å²) in [7, 11) is 1.70. The molecule has 4 rings (SSSR count). The first-order valence-corrected chi connectivity index (χ1v) is 13.7. The molecule has 6 nitrogen and oxygen atoms in total. The molecule has 0 spiro atoms. The van der Waals surface area contributed by atoms with E-state index in [-0.39, 0.29) is 5.91 Å². The van der Waals surface area contributed by atoms with E-state index in [1.165, 1.54) is 71.1 Å². The molecule has 0 aliphatic carbocycles. The molecule has 3 heterocycles. The second-order valence-corrected chi connectivity index (χ2v) is 10.2. The van der Waals surface area contributed by atoms with Crippen LogP contribution < -0.4 is 10.6 Å². The number of amides is 1. The Balaban J connectivity index is 1.20. The Hall–Kier alpha value is -2.31. The normalized spacial score (nSPS) is 24.0. The summed E-state index contributed by atoms with van der Waals surface area (Å²) >= 11 is 0. The molecule has 1 aromatic rings. The van der Waals surface area contributed by atoms with Crippen LogP contribution in [-0.2, 0) is 16.0 Å². The van der Waals surface area contributed by atoms with Crippen molar-refractivity contribution < 1.29 is 9.53 Å². The van der Waals surface area contributed by atoms with Crippen LogP contribution in [0.4, 0.5) is 0 Å². The Labute approximate surface area is 211 Å². The third kappa shape index (κ3) is 7.84. The van der Waals surface area contributed by atoms with Gasteiger partial charge in [-0.3, -0.25) is 4.79 Å². The summed E-state index contributed by atoms with van der Waals surface area (Å²) in [6.45, 7) is 8.58. The SMILES string of the molecule is CO/C1=C/CN/C(C(=O)NCC2CCN(CCN3CCCCCCC3)CC2)=C\Cc2ccccc21. The second-order valence-electron chi connectivity index (χ2n) is 10.2. The summed E-state index contributed by atoms with van der Waals surface area (Å²) in [5, 5.41) is 6.49. The van der Waals surface area contributed by atoms with Gasteiger partial charge in [0, 0.05) is 31.7 Å². The number of nitrogens with zero attached hydrogens (tertiary/aromatic N) is 2. The number of methoxy groups -OCH3 is 1. The standard InChI is InChI=1S/C29H44N4O2/c1-35-28-13-16-30-27(12-11-25-9-5-6-10-26(25)28)29(34)31-23-24-14-19-33(20-15-24)22-21-32-17-7-3-2-4-8-18-32/h5-6,9-10,12-13,24,30H,2-4,7-8,11,14-23H2,1H3,(H,31,34)/b27-12-,28-13+. The molecule has 0 bridgehead atoms. The predicted octanol–water partition coefficient (Wildman–Crippen LogP) is 3.80. The van der Waals surface area contributed by atoms with Crippen LogP contribution in [-0.4, -0.2) is 75.2 Å². The fraction of sp³-hybridized carbons (Fsp3) is 0.621. The second kappa shape index (κ2) is 13.7. The van der Waals surface area contributed by atoms with Crippen LogP contribution >= 0.6 is 0 Å². The zero-order valence-corrected chi connectivity index (χ0v) is 21.6. The molecule has 3 aliphatic heterocycles. The average molecular weight is 481 g/mol. The smallest absolute Gasteiger partial charge is 0.267 e. The van der Waals surface area contributed by atoms with Crippen molar-refractivity contribution in [3.05, 3.63) is 53.2 Å². The highest BCUT2D eigenvalue weighted by atomic mass is 16.5. The Kier molecular flexibility index (Phi) is 10.1. The van der Waals surface area contributed by atoms with E-state index in [0.29, 0.717) is 24.6 Å². The third-order valence-electron chi connectivity index (χ3n) is 7.79. The number of rotatable bonds is 7. The highest BCUT2D eigenvalue weighted by molar-refractivity contribution is 5.93. The molecule has 3 aliphatic rings. The van der Waals surface area contributed by atoms with E-state index in [9.17, 15) is 4.79 Å². The van der Waals surface area contributed by atoms with Crippen molar-refractivity contribution in [2.45, 2.75) is 51.4 Å². The zero-order chi connectivity index (χ0) is 24.3. The molecule has 6 heteroatoms. The Morgan fingerprint density at radius 1 is 0.971 bits per heavy atom. The summed E-state index contributed by atoms with van der Waals surface area (Å²) < 4.78 is 5.59. The van der Waals surface area contributed by atoms with Crippen LogP contribution in [0.2, 0.25) is 0 Å². The molecule has 2 fully saturated rings. The molecule has 2 saturated heterocycles. The lowest BCUT2D eigenvalue weighted by Gasteiger charge is -2.34. The molecule has 192 valence electrons. The summed E-state index contributed by atoms with van der Waals surface area (Å²) in [6, 6.07) is 8.23. The molecular weight excluding hydrogens is 436 g/mol. The summed E-state index contributed by atoms with van der Waals surface area (Å²) in [5.74, 6) is 1.41. The fourth-order valence-corrected chi connectivity index (χ4v) is 5.52. The Bertz CT molecular complexity index is 865. The minimum atomic E-state index is -0.00346. The van der Waals surface area contributed by atoms with Crippen molar-refractivity contribution in [2.24, 2.45) is 5.92 Å². The quantitative estimate of drug-likeness (QED) is 0.622. The number of carbonyl (C=O) groups excluding carboxylic acids is 1. The van der Waals surface area contributed by atoms with Crippen molar-refractivity contribution in [1.82, 2.24) is 20.4 Å². The molecule has 1 aromatic carbocycles. The average Bonchev–Trinajstić information content (AvgIpc) is 2.96. The van der Waals surface area contributed by atoms with Gasteiger partial charge in [0.15, 0.2) is 0 Å². The van der Waals surface area contributed by atoms with Crippen molar-refractivity contribution in [1.29, 1.82) is 0 Å². The van der Waals surface area contributed by atoms with E-state index in [4.69, 9.17) is 4.74 Å². The maximum Gasteiger partial charge on any atom is 0.267 e. The van der Waals surface area contributed by atoms with E-state index < -0.39 is 0 Å². The van der Waals surface area contributed by atoms with Gasteiger partial charge >= 0.3 is 0 Å². The maximum absolute atomic E-state index is 13.0. The Morgan fingerprint density at radius 3 is 2.40 bits per heavy atom. The van der Waals surface area contributed by atoms with Gasteiger partial charge in [0.05, 0.1) is 12.8 Å². The number of piperidine rings is 1. The molecule has 2 N–H and O–H groups in total. The van der Waals surface area contributed by atoms with E-state index in [0.717, 1.165) is 36.5 Å². The van der Waals surface area contributed by atoms with Gasteiger partial charge in [-0.25, -0.2) is 0 Å². The summed E-state index contributed by atoms with van der Waals surface area (Å²) in [6.07, 6.45) is 14.0. The van der Waals surface area contributed by atoms with Crippen LogP contribution in [0.1, 0.15) is 56.1 Å². The van der Waals surface area contributed by atoms with Gasteiger partial charge in [-0.2, -0.15) is 0 Å². The zero-order valence-electron chi connectivity index (χ0n) is 21.6. The van der Waals surface area contributed by atoms with Gasteiger partial charge in [0.2, 0.25) is 0 Å². The minimum Gasteiger partial charge on any atom is -0.496 e. The van der Waals surface area contributed by atoms with Gasteiger partial charge in [-0.05, 0) is 75.8 Å². The lowest BCUT2D eigenvalue weighted by Crippen LogP contribution is -2.43. The number of fused-ring (bicyclic) bond motifs is 1. The van der Waals surface area contributed by atoms with Crippen molar-refractivity contribution in [3.63, 3.8) is 0 Å². The maximum atomic E-state index is 13.0. The first kappa shape index (κ1) is 25.8. The number of nitrogens with one attached hydrogen (secondary N) is 2. The lowest BCUT2D eigenvalue weighted by molar-refractivity contribution is -0.118. The third-order valence-corrected chi connectivity index (χ3v) is 7.79. The highest BCUT2D eigenvalue weighted by Crippen LogP contribution is 2.22. The largest absolute Gasteiger partial charge is 0.496 e. The number of likely N-dealkylation sites (tertiary alicyclic amines) is 2. The van der Waals surface area contributed by atoms with E-state index in [1.807, 2.05) is 24.3 Å². The van der Waals surface area contributed by atoms with Crippen molar-refractivity contribution >= 4 is 11.7 Å². The van der Waals surface area contributed by atoms with Crippen LogP contribution in [0.5, 0.6) is 0 Å². The van der Waals surface area contributed by atoms with Gasteiger partial charge < -0.3 is 25.2 Å². The number of hydrogen-bond donors (Lipinski definition) is 2. The molecule has 35 heavy (non-hydrogen) atoms. The number of ether oxygens (including phenoxy) is 1. The summed E-state index contributed by atoms with van der Waals surface area (Å²) in [5.41, 5.74) is 2.91. The van der Waals surface area contributed by atoms with Crippen molar-refractivity contribution in [2.75, 3.05) is 59.5 Å². The summed E-state index contributed by atoms with van der Waals surface area (Å²) in [4.78, 5) is 18.3. The van der Waals surface area contributed by atoms with Gasteiger partial charge in [-0.15, -0.1) is 0 Å². The number of allylic oxidation sites excluding steroid dienone is 1. The van der Waals surface area contributed by atoms with Gasteiger partial charge in [0.1, 0.15) is 5.76 Å². The van der Waals surface area contributed by atoms with Gasteiger partial charge in [-0.1, -0.05) is 49.6 Å². The number of carbonyl (C=O) groups is 1. The van der Waals surface area contributed by atoms with E-state index in [1.54, 1.807) is 7.11 Å². The fourth-order valence-electron chi connectivity index (χ4n) is 5.52.